The van der Waals surface area contributed by atoms with Crippen LogP contribution in [0, 0.1) is 46.3 Å². The molecule has 4 aliphatic rings. The van der Waals surface area contributed by atoms with Crippen molar-refractivity contribution in [2.45, 2.75) is 97.2 Å². The van der Waals surface area contributed by atoms with Crippen molar-refractivity contribution in [2.75, 3.05) is 12.2 Å². The van der Waals surface area contributed by atoms with Crippen molar-refractivity contribution in [3.63, 3.8) is 0 Å². The normalized spacial score (nSPS) is 47.6. The maximum absolute atomic E-state index is 12.5. The van der Waals surface area contributed by atoms with Crippen LogP contribution in [0.25, 0.3) is 0 Å². The molecule has 0 unspecified atom stereocenters. The van der Waals surface area contributed by atoms with E-state index in [4.69, 9.17) is 10.0 Å². The van der Waals surface area contributed by atoms with Gasteiger partial charge in [0.2, 0.25) is 5.91 Å². The van der Waals surface area contributed by atoms with Crippen molar-refractivity contribution in [1.82, 2.24) is 5.32 Å². The van der Waals surface area contributed by atoms with E-state index in [-0.39, 0.29) is 41.3 Å². The molecule has 10 atom stereocenters. The lowest BCUT2D eigenvalue weighted by Crippen LogP contribution is -2.58. The Labute approximate surface area is 210 Å². The molecule has 4 N–H and O–H groups in total. The van der Waals surface area contributed by atoms with Crippen LogP contribution in [0.1, 0.15) is 90.5 Å². The maximum Gasteiger partial charge on any atom is 0.266 e. The average Bonchev–Trinajstić information content (AvgIpc) is 3.14. The third kappa shape index (κ3) is 4.94. The summed E-state index contributed by atoms with van der Waals surface area (Å²) in [6, 6.07) is 0. The van der Waals surface area contributed by atoms with Crippen LogP contribution in [-0.2, 0) is 14.9 Å². The number of fused-ring (bicyclic) bond motifs is 5. The Bertz CT molecular complexity index is 1030. The number of hydrogen-bond acceptors (Lipinski definition) is 5. The van der Waals surface area contributed by atoms with E-state index in [0.29, 0.717) is 30.1 Å². The quantitative estimate of drug-likeness (QED) is 0.395. The Hall–Kier alpha value is -0.700. The topological polar surface area (TPSA) is 124 Å². The monoisotopic (exact) mass is 503 g/mol. The summed E-state index contributed by atoms with van der Waals surface area (Å²) in [4.78, 5) is 12.5. The molecule has 8 heteroatoms. The molecule has 0 aromatic heterocycles. The average molecular weight is 504 g/mol. The first-order valence-electron chi connectivity index (χ1n) is 15.0. The van der Waals surface area contributed by atoms with Gasteiger partial charge in [0, 0.05) is 15.7 Å². The van der Waals surface area contributed by atoms with Crippen LogP contribution >= 0.6 is 0 Å². The van der Waals surface area contributed by atoms with E-state index in [1.54, 1.807) is 0 Å². The standard InChI is InChI=1S/C26H45NO6S/c1-16(4-7-23(30)27-12-13-34(31,32)33)19-5-6-20-24-21(9-11-26(19,20)3)25(2)10-8-18(28)14-17(25)15-22(24)29/h16-22,24,28-29H,4-15H2,1-3H3,(H,27,30)(H,31,32,33)/t16-,17+,18-,19-,20+,21+,22+,24+,25+,26-/m1/s1/i12D2,13D2. The van der Waals surface area contributed by atoms with E-state index in [2.05, 4.69) is 20.8 Å². The van der Waals surface area contributed by atoms with Crippen molar-refractivity contribution in [3.05, 3.63) is 0 Å². The zero-order valence-electron chi connectivity index (χ0n) is 24.7. The lowest BCUT2D eigenvalue weighted by molar-refractivity contribution is -0.174. The molecule has 0 heterocycles. The van der Waals surface area contributed by atoms with E-state index in [1.165, 1.54) is 0 Å². The van der Waals surface area contributed by atoms with E-state index in [1.807, 2.05) is 5.32 Å². The molecule has 0 aromatic carbocycles. The summed E-state index contributed by atoms with van der Waals surface area (Å²) in [5.74, 6) is 1.08. The fourth-order valence-electron chi connectivity index (χ4n) is 8.96. The molecule has 4 saturated carbocycles. The molecule has 196 valence electrons. The number of carbonyl (C=O) groups excluding carboxylic acids is 1. The predicted octanol–water partition coefficient (Wildman–Crippen LogP) is 3.40. The molecule has 0 radical (unpaired) electrons. The van der Waals surface area contributed by atoms with Gasteiger partial charge in [-0.25, -0.2) is 0 Å². The Kier molecular flexibility index (Phi) is 6.06. The van der Waals surface area contributed by atoms with E-state index < -0.39 is 28.2 Å². The molecule has 4 aliphatic carbocycles. The fraction of sp³-hybridized carbons (Fsp3) is 0.962. The minimum atomic E-state index is -5.39. The smallest absolute Gasteiger partial charge is 0.266 e. The molecule has 0 spiro atoms. The molecule has 34 heavy (non-hydrogen) atoms. The van der Waals surface area contributed by atoms with Crippen LogP contribution in [0.5, 0.6) is 0 Å². The zero-order valence-corrected chi connectivity index (χ0v) is 21.5. The second-order valence-electron chi connectivity index (χ2n) is 12.2. The first-order valence-corrected chi connectivity index (χ1v) is 14.4. The number of aliphatic hydroxyl groups is 2. The molecular weight excluding hydrogens is 454 g/mol. The largest absolute Gasteiger partial charge is 0.393 e. The minimum absolute atomic E-state index is 0.0203. The third-order valence-electron chi connectivity index (χ3n) is 10.6. The molecule has 4 fully saturated rings. The van der Waals surface area contributed by atoms with Crippen LogP contribution in [0.3, 0.4) is 0 Å². The third-order valence-corrected chi connectivity index (χ3v) is 11.0. The molecule has 0 aliphatic heterocycles. The SMILES string of the molecule is [2H]C([2H])(NC(=O)CC[C@@H](C)[C@H]1CC[C@H]2[C@@H]3[C@@H](O)C[C@@H]4C[C@H](O)CC[C@]4(C)[C@H]3CC[C@]12C)C([2H])([2H])S(=O)(=O)O. The minimum Gasteiger partial charge on any atom is -0.393 e. The molecule has 7 nitrogen and oxygen atoms in total. The molecular formula is C26H45NO6S. The van der Waals surface area contributed by atoms with Crippen molar-refractivity contribution < 1.29 is 33.5 Å². The zero-order chi connectivity index (χ0) is 28.5. The molecule has 0 aromatic rings. The highest BCUT2D eigenvalue weighted by Crippen LogP contribution is 2.68. The van der Waals surface area contributed by atoms with Crippen LogP contribution in [0.15, 0.2) is 0 Å². The summed E-state index contributed by atoms with van der Waals surface area (Å²) >= 11 is 0. The Balaban J connectivity index is 1.41. The first kappa shape index (κ1) is 21.4. The second-order valence-corrected chi connectivity index (χ2v) is 13.4. The summed E-state index contributed by atoms with van der Waals surface area (Å²) < 4.78 is 61.9. The van der Waals surface area contributed by atoms with Gasteiger partial charge in [0.25, 0.3) is 10.1 Å². The van der Waals surface area contributed by atoms with Gasteiger partial charge in [-0.2, -0.15) is 8.42 Å². The lowest BCUT2D eigenvalue weighted by Gasteiger charge is -2.62. The van der Waals surface area contributed by atoms with Gasteiger partial charge in [-0.1, -0.05) is 20.8 Å². The van der Waals surface area contributed by atoms with Gasteiger partial charge >= 0.3 is 0 Å². The first-order chi connectivity index (χ1) is 17.3. The van der Waals surface area contributed by atoms with Gasteiger partial charge in [-0.3, -0.25) is 9.35 Å². The van der Waals surface area contributed by atoms with E-state index >= 15 is 0 Å². The molecule has 0 saturated heterocycles. The van der Waals surface area contributed by atoms with Gasteiger partial charge in [-0.05, 0) is 104 Å². The Morgan fingerprint density at radius 2 is 1.76 bits per heavy atom. The lowest BCUT2D eigenvalue weighted by atomic mass is 9.43. The maximum atomic E-state index is 12.5. The predicted molar refractivity (Wildman–Crippen MR) is 130 cm³/mol. The van der Waals surface area contributed by atoms with Gasteiger partial charge in [-0.15, -0.1) is 0 Å². The summed E-state index contributed by atoms with van der Waals surface area (Å²) in [5.41, 5.74) is -3.51. The van der Waals surface area contributed by atoms with Crippen molar-refractivity contribution in [3.8, 4) is 0 Å². The van der Waals surface area contributed by atoms with E-state index in [9.17, 15) is 23.4 Å². The van der Waals surface area contributed by atoms with Crippen molar-refractivity contribution in [2.24, 2.45) is 46.3 Å². The number of hydrogen-bond donors (Lipinski definition) is 4. The Morgan fingerprint density at radius 3 is 2.47 bits per heavy atom. The van der Waals surface area contributed by atoms with Crippen molar-refractivity contribution >= 4 is 16.0 Å². The van der Waals surface area contributed by atoms with Gasteiger partial charge in [0.1, 0.15) is 0 Å². The second kappa shape index (κ2) is 9.64. The van der Waals surface area contributed by atoms with Crippen molar-refractivity contribution in [1.29, 1.82) is 0 Å². The highest BCUT2D eigenvalue weighted by molar-refractivity contribution is 7.85. The van der Waals surface area contributed by atoms with Gasteiger partial charge in [0.05, 0.1) is 20.7 Å². The Morgan fingerprint density at radius 1 is 1.09 bits per heavy atom. The number of aliphatic hydroxyl groups excluding tert-OH is 2. The summed E-state index contributed by atoms with van der Waals surface area (Å²) in [6.07, 6.45) is 7.21. The highest BCUT2D eigenvalue weighted by atomic mass is 32.2. The van der Waals surface area contributed by atoms with Crippen LogP contribution < -0.4 is 5.32 Å². The highest BCUT2D eigenvalue weighted by Gasteiger charge is 2.62. The summed E-state index contributed by atoms with van der Waals surface area (Å²) in [5, 5.41) is 23.5. The number of carbonyl (C=O) groups is 1. The van der Waals surface area contributed by atoms with Gasteiger partial charge in [0.15, 0.2) is 0 Å². The van der Waals surface area contributed by atoms with Crippen LogP contribution in [-0.4, -0.2) is 53.5 Å². The van der Waals surface area contributed by atoms with Gasteiger partial charge < -0.3 is 15.5 Å². The number of amides is 1. The van der Waals surface area contributed by atoms with Crippen LogP contribution in [0.4, 0.5) is 0 Å². The summed E-state index contributed by atoms with van der Waals surface area (Å²) in [7, 11) is -5.39. The summed E-state index contributed by atoms with van der Waals surface area (Å²) in [6.45, 7) is 3.50. The molecule has 1 amide bonds. The number of rotatable bonds is 7. The molecule has 0 bridgehead atoms. The van der Waals surface area contributed by atoms with Crippen LogP contribution in [0.2, 0.25) is 0 Å². The molecule has 4 rings (SSSR count). The fourth-order valence-corrected chi connectivity index (χ4v) is 9.14. The number of nitrogens with one attached hydrogen (secondary N) is 1. The van der Waals surface area contributed by atoms with E-state index in [0.717, 1.165) is 51.4 Å².